The first-order chi connectivity index (χ1) is 17.2. The van der Waals surface area contributed by atoms with Crippen LogP contribution in [0.4, 0.5) is 11.4 Å². The summed E-state index contributed by atoms with van der Waals surface area (Å²) in [6.07, 6.45) is 0. The van der Waals surface area contributed by atoms with Gasteiger partial charge >= 0.3 is 0 Å². The van der Waals surface area contributed by atoms with Crippen LogP contribution in [0.5, 0.6) is 0 Å². The minimum Gasteiger partial charge on any atom is -0.280 e. The summed E-state index contributed by atoms with van der Waals surface area (Å²) in [6, 6.07) is 37.5. The third-order valence-electron chi connectivity index (χ3n) is 5.64. The Morgan fingerprint density at radius 2 is 1.29 bits per heavy atom. The minimum atomic E-state index is -0.0348. The average molecular weight is 477 g/mol. The number of hydrogen-bond donors (Lipinski definition) is 0. The molecule has 172 valence electrons. The average Bonchev–Trinajstić information content (AvgIpc) is 3.33. The monoisotopic (exact) mass is 476 g/mol. The van der Waals surface area contributed by atoms with Crippen LogP contribution in [-0.4, -0.2) is 26.4 Å². The molecule has 4 aromatic carbocycles. The Morgan fingerprint density at radius 1 is 0.743 bits per heavy atom. The molecule has 5 nitrogen and oxygen atoms in total. The predicted octanol–water partition coefficient (Wildman–Crippen LogP) is 6.70. The van der Waals surface area contributed by atoms with Crippen molar-refractivity contribution < 1.29 is 4.79 Å². The molecule has 1 aromatic heterocycles. The first-order valence-electron chi connectivity index (χ1n) is 11.3. The largest absolute Gasteiger partial charge is 0.280 e. The summed E-state index contributed by atoms with van der Waals surface area (Å²) in [7, 11) is 0. The first-order valence-corrected chi connectivity index (χ1v) is 12.3. The molecule has 0 aliphatic carbocycles. The van der Waals surface area contributed by atoms with Gasteiger partial charge in [0.1, 0.15) is 0 Å². The fourth-order valence-corrected chi connectivity index (χ4v) is 4.75. The van der Waals surface area contributed by atoms with E-state index in [4.69, 9.17) is 0 Å². The van der Waals surface area contributed by atoms with Crippen LogP contribution in [0.25, 0.3) is 17.1 Å². The van der Waals surface area contributed by atoms with Crippen molar-refractivity contribution in [2.24, 2.45) is 0 Å². The zero-order valence-electron chi connectivity index (χ0n) is 19.3. The molecule has 0 N–H and O–H groups in total. The Labute approximate surface area is 209 Å². The standard InChI is InChI=1S/C29H24N4OS/c1-22-13-11-12-20-26(22)28-30-31-29(33(28)25-18-9-4-10-19-25)35-21-27(34)32(23-14-5-2-6-15-23)24-16-7-3-8-17-24/h2-20H,21H2,1H3. The lowest BCUT2D eigenvalue weighted by molar-refractivity contribution is -0.115. The van der Waals surface area contributed by atoms with Gasteiger partial charge in [0, 0.05) is 22.6 Å². The number of para-hydroxylation sites is 3. The maximum Gasteiger partial charge on any atom is 0.242 e. The lowest BCUT2D eigenvalue weighted by Gasteiger charge is -2.23. The number of aryl methyl sites for hydroxylation is 1. The van der Waals surface area contributed by atoms with E-state index in [0.717, 1.165) is 34.0 Å². The molecule has 0 bridgehead atoms. The molecule has 0 saturated carbocycles. The van der Waals surface area contributed by atoms with E-state index in [-0.39, 0.29) is 11.7 Å². The molecule has 6 heteroatoms. The quantitative estimate of drug-likeness (QED) is 0.245. The molecule has 0 radical (unpaired) electrons. The predicted molar refractivity (Wildman–Crippen MR) is 142 cm³/mol. The molecule has 5 aromatic rings. The highest BCUT2D eigenvalue weighted by molar-refractivity contribution is 7.99. The van der Waals surface area contributed by atoms with Gasteiger partial charge in [-0.2, -0.15) is 0 Å². The zero-order valence-corrected chi connectivity index (χ0v) is 20.1. The number of nitrogens with zero attached hydrogens (tertiary/aromatic N) is 4. The van der Waals surface area contributed by atoms with E-state index in [2.05, 4.69) is 23.2 Å². The second kappa shape index (κ2) is 10.4. The molecular formula is C29H24N4OS. The van der Waals surface area contributed by atoms with Gasteiger partial charge in [-0.15, -0.1) is 10.2 Å². The van der Waals surface area contributed by atoms with Crippen molar-refractivity contribution in [1.82, 2.24) is 14.8 Å². The number of anilines is 2. The van der Waals surface area contributed by atoms with Gasteiger partial charge in [-0.1, -0.05) is 90.6 Å². The van der Waals surface area contributed by atoms with Gasteiger partial charge in [0.15, 0.2) is 11.0 Å². The van der Waals surface area contributed by atoms with Crippen molar-refractivity contribution in [3.8, 4) is 17.1 Å². The zero-order chi connectivity index (χ0) is 24.0. The smallest absolute Gasteiger partial charge is 0.242 e. The molecule has 1 amide bonds. The number of thioether (sulfide) groups is 1. The Kier molecular flexibility index (Phi) is 6.73. The van der Waals surface area contributed by atoms with Crippen LogP contribution < -0.4 is 4.90 Å². The highest BCUT2D eigenvalue weighted by Gasteiger charge is 2.22. The van der Waals surface area contributed by atoms with E-state index in [9.17, 15) is 4.79 Å². The maximum absolute atomic E-state index is 13.5. The first kappa shape index (κ1) is 22.6. The summed E-state index contributed by atoms with van der Waals surface area (Å²) in [6.45, 7) is 2.06. The molecule has 1 heterocycles. The van der Waals surface area contributed by atoms with Crippen LogP contribution in [0.3, 0.4) is 0 Å². The number of carbonyl (C=O) groups excluding carboxylic acids is 1. The van der Waals surface area contributed by atoms with E-state index >= 15 is 0 Å². The van der Waals surface area contributed by atoms with Crippen LogP contribution in [0.2, 0.25) is 0 Å². The summed E-state index contributed by atoms with van der Waals surface area (Å²) in [4.78, 5) is 15.3. The second-order valence-corrected chi connectivity index (χ2v) is 8.92. The molecule has 0 unspecified atom stereocenters. The molecule has 0 saturated heterocycles. The molecule has 0 aliphatic heterocycles. The second-order valence-electron chi connectivity index (χ2n) is 7.98. The molecule has 0 fully saturated rings. The molecule has 35 heavy (non-hydrogen) atoms. The summed E-state index contributed by atoms with van der Waals surface area (Å²) in [5.41, 5.74) is 4.73. The van der Waals surface area contributed by atoms with Crippen molar-refractivity contribution in [1.29, 1.82) is 0 Å². The third-order valence-corrected chi connectivity index (χ3v) is 6.55. The molecule has 0 atom stereocenters. The van der Waals surface area contributed by atoms with E-state index in [1.54, 1.807) is 4.90 Å². The molecule has 0 aliphatic rings. The normalized spacial score (nSPS) is 10.8. The van der Waals surface area contributed by atoms with Crippen LogP contribution in [0.1, 0.15) is 5.56 Å². The van der Waals surface area contributed by atoms with Crippen LogP contribution in [0, 0.1) is 6.92 Å². The van der Waals surface area contributed by atoms with Gasteiger partial charge in [-0.3, -0.25) is 14.3 Å². The number of hydrogen-bond acceptors (Lipinski definition) is 4. The maximum atomic E-state index is 13.5. The molecular weight excluding hydrogens is 452 g/mol. The summed E-state index contributed by atoms with van der Waals surface area (Å²) >= 11 is 1.39. The Bertz CT molecular complexity index is 1380. The lowest BCUT2D eigenvalue weighted by Crippen LogP contribution is -2.27. The Morgan fingerprint density at radius 3 is 1.89 bits per heavy atom. The van der Waals surface area contributed by atoms with E-state index < -0.39 is 0 Å². The van der Waals surface area contributed by atoms with Crippen LogP contribution >= 0.6 is 11.8 Å². The Balaban J connectivity index is 1.48. The number of amides is 1. The Hall–Kier alpha value is -4.16. The van der Waals surface area contributed by atoms with Crippen molar-refractivity contribution in [2.75, 3.05) is 10.7 Å². The van der Waals surface area contributed by atoms with Gasteiger partial charge in [0.25, 0.3) is 0 Å². The summed E-state index contributed by atoms with van der Waals surface area (Å²) in [5.74, 6) is 0.933. The highest BCUT2D eigenvalue weighted by atomic mass is 32.2. The SMILES string of the molecule is Cc1ccccc1-c1nnc(SCC(=O)N(c2ccccc2)c2ccccc2)n1-c1ccccc1. The highest BCUT2D eigenvalue weighted by Crippen LogP contribution is 2.31. The van der Waals surface area contributed by atoms with Gasteiger partial charge in [0.2, 0.25) is 5.91 Å². The van der Waals surface area contributed by atoms with E-state index in [1.165, 1.54) is 11.8 Å². The van der Waals surface area contributed by atoms with Gasteiger partial charge in [-0.05, 0) is 48.9 Å². The van der Waals surface area contributed by atoms with Crippen molar-refractivity contribution in [3.63, 3.8) is 0 Å². The van der Waals surface area contributed by atoms with Gasteiger partial charge < -0.3 is 0 Å². The lowest BCUT2D eigenvalue weighted by atomic mass is 10.1. The summed E-state index contributed by atoms with van der Waals surface area (Å²) in [5, 5.41) is 9.69. The number of rotatable bonds is 7. The fraction of sp³-hybridized carbons (Fsp3) is 0.0690. The van der Waals surface area contributed by atoms with E-state index in [0.29, 0.717) is 5.16 Å². The molecule has 5 rings (SSSR count). The topological polar surface area (TPSA) is 51.0 Å². The number of carbonyl (C=O) groups is 1. The fourth-order valence-electron chi connectivity index (χ4n) is 3.95. The third kappa shape index (κ3) is 4.88. The van der Waals surface area contributed by atoms with Crippen molar-refractivity contribution >= 4 is 29.0 Å². The van der Waals surface area contributed by atoms with Crippen molar-refractivity contribution in [3.05, 3.63) is 121 Å². The number of aromatic nitrogens is 3. The van der Waals surface area contributed by atoms with Gasteiger partial charge in [0.05, 0.1) is 5.75 Å². The van der Waals surface area contributed by atoms with Crippen LogP contribution in [-0.2, 0) is 4.79 Å². The minimum absolute atomic E-state index is 0.0348. The number of benzene rings is 4. The van der Waals surface area contributed by atoms with Crippen LogP contribution in [0.15, 0.2) is 120 Å². The molecule has 0 spiro atoms. The van der Waals surface area contributed by atoms with Crippen molar-refractivity contribution in [2.45, 2.75) is 12.1 Å². The van der Waals surface area contributed by atoms with E-state index in [1.807, 2.05) is 114 Å². The summed E-state index contributed by atoms with van der Waals surface area (Å²) < 4.78 is 2.02. The van der Waals surface area contributed by atoms with Gasteiger partial charge in [-0.25, -0.2) is 0 Å².